The van der Waals surface area contributed by atoms with Crippen LogP contribution in [0.2, 0.25) is 5.02 Å². The zero-order chi connectivity index (χ0) is 19.1. The SMILES string of the molecule is CC(CCN1CCN(CCO)CC1)c1ccc(Oc2ccc(Cl)cc2)cc1. The van der Waals surface area contributed by atoms with Crippen LogP contribution in [0, 0.1) is 0 Å². The van der Waals surface area contributed by atoms with Gasteiger partial charge in [-0.15, -0.1) is 0 Å². The summed E-state index contributed by atoms with van der Waals surface area (Å²) >= 11 is 5.91. The maximum absolute atomic E-state index is 9.03. The summed E-state index contributed by atoms with van der Waals surface area (Å²) < 4.78 is 5.86. The number of hydrogen-bond acceptors (Lipinski definition) is 4. The molecule has 1 aliphatic rings. The largest absolute Gasteiger partial charge is 0.457 e. The first kappa shape index (κ1) is 20.2. The van der Waals surface area contributed by atoms with E-state index in [0.29, 0.717) is 10.9 Å². The number of β-amino-alcohol motifs (C(OH)–C–C–N with tert-alkyl or cyclic N) is 1. The Morgan fingerprint density at radius 3 is 1.96 bits per heavy atom. The molecular weight excluding hydrogens is 360 g/mol. The molecule has 1 heterocycles. The Kier molecular flexibility index (Phi) is 7.53. The molecule has 1 atom stereocenters. The van der Waals surface area contributed by atoms with Crippen molar-refractivity contribution < 1.29 is 9.84 Å². The first-order valence-electron chi connectivity index (χ1n) is 9.73. The van der Waals surface area contributed by atoms with Gasteiger partial charge in [-0.05, 0) is 60.8 Å². The Morgan fingerprint density at radius 1 is 0.889 bits per heavy atom. The van der Waals surface area contributed by atoms with Gasteiger partial charge in [-0.25, -0.2) is 0 Å². The number of halogens is 1. The van der Waals surface area contributed by atoms with Gasteiger partial charge in [-0.3, -0.25) is 4.90 Å². The number of piperazine rings is 1. The van der Waals surface area contributed by atoms with Crippen molar-refractivity contribution >= 4 is 11.6 Å². The van der Waals surface area contributed by atoms with Gasteiger partial charge in [0, 0.05) is 37.7 Å². The lowest BCUT2D eigenvalue weighted by Gasteiger charge is -2.34. The highest BCUT2D eigenvalue weighted by atomic mass is 35.5. The summed E-state index contributed by atoms with van der Waals surface area (Å²) in [6.45, 7) is 8.79. The molecule has 27 heavy (non-hydrogen) atoms. The summed E-state index contributed by atoms with van der Waals surface area (Å²) in [5.41, 5.74) is 1.34. The molecule has 0 spiro atoms. The standard InChI is InChI=1S/C22H29ClN2O2/c1-18(10-11-24-12-14-25(15-13-24)16-17-26)19-2-6-21(7-3-19)27-22-8-4-20(23)5-9-22/h2-9,18,26H,10-17H2,1H3. The number of hydrogen-bond donors (Lipinski definition) is 1. The number of aliphatic hydroxyl groups excluding tert-OH is 1. The van der Waals surface area contributed by atoms with E-state index in [4.69, 9.17) is 21.4 Å². The average Bonchev–Trinajstić information content (AvgIpc) is 2.70. The molecule has 3 rings (SSSR count). The zero-order valence-corrected chi connectivity index (χ0v) is 16.7. The fraction of sp³-hybridized carbons (Fsp3) is 0.455. The molecule has 0 bridgehead atoms. The van der Waals surface area contributed by atoms with Gasteiger partial charge in [0.2, 0.25) is 0 Å². The topological polar surface area (TPSA) is 35.9 Å². The van der Waals surface area contributed by atoms with Crippen LogP contribution in [-0.2, 0) is 0 Å². The van der Waals surface area contributed by atoms with Crippen LogP contribution in [0.1, 0.15) is 24.8 Å². The van der Waals surface area contributed by atoms with Crippen molar-refractivity contribution in [1.29, 1.82) is 0 Å². The van der Waals surface area contributed by atoms with Gasteiger partial charge in [0.25, 0.3) is 0 Å². The van der Waals surface area contributed by atoms with E-state index < -0.39 is 0 Å². The second-order valence-corrected chi connectivity index (χ2v) is 7.66. The van der Waals surface area contributed by atoms with Crippen molar-refractivity contribution in [3.8, 4) is 11.5 Å². The Labute approximate surface area is 167 Å². The van der Waals surface area contributed by atoms with Gasteiger partial charge >= 0.3 is 0 Å². The fourth-order valence-electron chi connectivity index (χ4n) is 3.42. The van der Waals surface area contributed by atoms with Crippen LogP contribution in [0.25, 0.3) is 0 Å². The molecule has 146 valence electrons. The summed E-state index contributed by atoms with van der Waals surface area (Å²) in [6.07, 6.45) is 1.15. The molecule has 1 unspecified atom stereocenters. The summed E-state index contributed by atoms with van der Waals surface area (Å²) in [4.78, 5) is 4.86. The number of benzene rings is 2. The van der Waals surface area contributed by atoms with E-state index in [-0.39, 0.29) is 6.61 Å². The monoisotopic (exact) mass is 388 g/mol. The van der Waals surface area contributed by atoms with E-state index in [1.54, 1.807) is 0 Å². The predicted octanol–water partition coefficient (Wildman–Crippen LogP) is 4.24. The average molecular weight is 389 g/mol. The maximum atomic E-state index is 9.03. The summed E-state index contributed by atoms with van der Waals surface area (Å²) in [5, 5.41) is 9.74. The molecule has 5 heteroatoms. The van der Waals surface area contributed by atoms with Crippen molar-refractivity contribution in [1.82, 2.24) is 9.80 Å². The van der Waals surface area contributed by atoms with E-state index in [0.717, 1.165) is 57.2 Å². The molecule has 0 saturated carbocycles. The third-order valence-electron chi connectivity index (χ3n) is 5.26. The molecule has 2 aromatic carbocycles. The summed E-state index contributed by atoms with van der Waals surface area (Å²) in [7, 11) is 0. The van der Waals surface area contributed by atoms with E-state index in [9.17, 15) is 0 Å². The van der Waals surface area contributed by atoms with Crippen molar-refractivity contribution in [2.24, 2.45) is 0 Å². The molecule has 0 radical (unpaired) electrons. The summed E-state index contributed by atoms with van der Waals surface area (Å²) in [6, 6.07) is 15.8. The second kappa shape index (κ2) is 10.1. The molecular formula is C22H29ClN2O2. The van der Waals surface area contributed by atoms with E-state index in [1.807, 2.05) is 36.4 Å². The van der Waals surface area contributed by atoms with Crippen LogP contribution < -0.4 is 4.74 Å². The van der Waals surface area contributed by atoms with Crippen LogP contribution in [0.4, 0.5) is 0 Å². The Morgan fingerprint density at radius 2 is 1.41 bits per heavy atom. The predicted molar refractivity (Wildman–Crippen MR) is 111 cm³/mol. The van der Waals surface area contributed by atoms with Crippen LogP contribution in [0.3, 0.4) is 0 Å². The highest BCUT2D eigenvalue weighted by Crippen LogP contribution is 2.26. The second-order valence-electron chi connectivity index (χ2n) is 7.22. The molecule has 0 amide bonds. The molecule has 2 aromatic rings. The Bertz CT molecular complexity index is 682. The van der Waals surface area contributed by atoms with Crippen LogP contribution in [0.5, 0.6) is 11.5 Å². The number of rotatable bonds is 8. The lowest BCUT2D eigenvalue weighted by atomic mass is 9.97. The molecule has 1 aliphatic heterocycles. The van der Waals surface area contributed by atoms with Crippen molar-refractivity contribution in [2.45, 2.75) is 19.3 Å². The first-order chi connectivity index (χ1) is 13.1. The minimum atomic E-state index is 0.259. The van der Waals surface area contributed by atoms with E-state index in [2.05, 4.69) is 28.9 Å². The van der Waals surface area contributed by atoms with E-state index >= 15 is 0 Å². The third kappa shape index (κ3) is 6.22. The molecule has 4 nitrogen and oxygen atoms in total. The normalized spacial score (nSPS) is 17.0. The number of nitrogens with zero attached hydrogens (tertiary/aromatic N) is 2. The minimum Gasteiger partial charge on any atom is -0.457 e. The van der Waals surface area contributed by atoms with Gasteiger partial charge in [0.1, 0.15) is 11.5 Å². The maximum Gasteiger partial charge on any atom is 0.127 e. The van der Waals surface area contributed by atoms with Gasteiger partial charge in [0.05, 0.1) is 6.61 Å². The summed E-state index contributed by atoms with van der Waals surface area (Å²) in [5.74, 6) is 2.15. The van der Waals surface area contributed by atoms with Crippen molar-refractivity contribution in [2.75, 3.05) is 45.9 Å². The van der Waals surface area contributed by atoms with Gasteiger partial charge < -0.3 is 14.7 Å². The van der Waals surface area contributed by atoms with Gasteiger partial charge in [-0.2, -0.15) is 0 Å². The number of ether oxygens (including phenoxy) is 1. The van der Waals surface area contributed by atoms with Crippen LogP contribution >= 0.6 is 11.6 Å². The quantitative estimate of drug-likeness (QED) is 0.733. The molecule has 1 fully saturated rings. The van der Waals surface area contributed by atoms with Crippen molar-refractivity contribution in [3.63, 3.8) is 0 Å². The molecule has 1 N–H and O–H groups in total. The number of aliphatic hydroxyl groups is 1. The first-order valence-corrected chi connectivity index (χ1v) is 10.1. The highest BCUT2D eigenvalue weighted by Gasteiger charge is 2.17. The van der Waals surface area contributed by atoms with Crippen LogP contribution in [0.15, 0.2) is 48.5 Å². The Hall–Kier alpha value is -1.59. The third-order valence-corrected chi connectivity index (χ3v) is 5.51. The smallest absolute Gasteiger partial charge is 0.127 e. The zero-order valence-electron chi connectivity index (χ0n) is 16.0. The van der Waals surface area contributed by atoms with Gasteiger partial charge in [0.15, 0.2) is 0 Å². The van der Waals surface area contributed by atoms with E-state index in [1.165, 1.54) is 5.56 Å². The lowest BCUT2D eigenvalue weighted by molar-refractivity contribution is 0.111. The minimum absolute atomic E-state index is 0.259. The fourth-order valence-corrected chi connectivity index (χ4v) is 3.55. The van der Waals surface area contributed by atoms with Gasteiger partial charge in [-0.1, -0.05) is 30.7 Å². The van der Waals surface area contributed by atoms with Crippen molar-refractivity contribution in [3.05, 3.63) is 59.1 Å². The lowest BCUT2D eigenvalue weighted by Crippen LogP contribution is -2.47. The molecule has 0 aromatic heterocycles. The van der Waals surface area contributed by atoms with Crippen LogP contribution in [-0.4, -0.2) is 60.8 Å². The molecule has 1 saturated heterocycles. The Balaban J connectivity index is 1.45. The highest BCUT2D eigenvalue weighted by molar-refractivity contribution is 6.30. The molecule has 0 aliphatic carbocycles.